The van der Waals surface area contributed by atoms with Gasteiger partial charge in [0.1, 0.15) is 23.1 Å². The molecule has 1 atom stereocenters. The molecule has 0 saturated carbocycles. The summed E-state index contributed by atoms with van der Waals surface area (Å²) in [7, 11) is 0. The molecule has 2 heterocycles. The molecule has 5 aromatic rings. The summed E-state index contributed by atoms with van der Waals surface area (Å²) >= 11 is 0. The molecule has 0 N–H and O–H groups in total. The number of carboxylic acids is 1. The van der Waals surface area contributed by atoms with Gasteiger partial charge in [0.15, 0.2) is 5.76 Å². The van der Waals surface area contributed by atoms with Crippen LogP contribution >= 0.6 is 0 Å². The molecule has 0 spiro atoms. The molecule has 0 saturated heterocycles. The largest absolute Gasteiger partial charge is 1.00 e. The third-order valence-electron chi connectivity index (χ3n) is 5.99. The van der Waals surface area contributed by atoms with E-state index in [2.05, 4.69) is 0 Å². The number of aryl methyl sites for hydroxylation is 2. The number of pyridine rings is 1. The van der Waals surface area contributed by atoms with Gasteiger partial charge in [-0.25, -0.2) is 4.98 Å². The fourth-order valence-corrected chi connectivity index (χ4v) is 4.22. The number of carboxylic acid groups (broad SMARTS) is 1. The van der Waals surface area contributed by atoms with E-state index in [4.69, 9.17) is 14.1 Å². The van der Waals surface area contributed by atoms with Crippen molar-refractivity contribution in [3.05, 3.63) is 95.1 Å². The first kappa shape index (κ1) is 24.0. The topological polar surface area (TPSA) is 75.4 Å². The maximum atomic E-state index is 12.2. The molecule has 0 amide bonds. The average molecular weight is 459 g/mol. The molecule has 0 bridgehead atoms. The zero-order chi connectivity index (χ0) is 23.1. The van der Waals surface area contributed by atoms with E-state index >= 15 is 0 Å². The summed E-state index contributed by atoms with van der Waals surface area (Å²) in [5.74, 6) is -0.296. The van der Waals surface area contributed by atoms with Crippen molar-refractivity contribution in [1.29, 1.82) is 0 Å². The van der Waals surface area contributed by atoms with Gasteiger partial charge in [-0.1, -0.05) is 54.6 Å². The van der Waals surface area contributed by atoms with Crippen LogP contribution in [0.25, 0.3) is 33.3 Å². The Morgan fingerprint density at radius 2 is 1.71 bits per heavy atom. The van der Waals surface area contributed by atoms with E-state index in [1.807, 2.05) is 81.4 Å². The van der Waals surface area contributed by atoms with E-state index < -0.39 is 5.97 Å². The molecule has 0 aliphatic carbocycles. The van der Waals surface area contributed by atoms with Gasteiger partial charge in [0.2, 0.25) is 0 Å². The summed E-state index contributed by atoms with van der Waals surface area (Å²) < 4.78 is 12.3. The third kappa shape index (κ3) is 4.23. The normalized spacial score (nSPS) is 11.9. The van der Waals surface area contributed by atoms with Crippen LogP contribution in [0, 0.1) is 13.8 Å². The first-order valence-corrected chi connectivity index (χ1v) is 10.8. The van der Waals surface area contributed by atoms with Gasteiger partial charge in [-0.2, -0.15) is 0 Å². The Hall–Kier alpha value is -3.12. The Kier molecular flexibility index (Phi) is 6.80. The molecule has 2 aromatic heterocycles. The summed E-state index contributed by atoms with van der Waals surface area (Å²) in [4.78, 5) is 17.1. The van der Waals surface area contributed by atoms with Crippen molar-refractivity contribution in [2.45, 2.75) is 26.9 Å². The van der Waals surface area contributed by atoms with Crippen molar-refractivity contribution >= 4 is 27.8 Å². The number of nitrogens with zero attached hydrogens (tertiary/aromatic N) is 1. The van der Waals surface area contributed by atoms with Crippen molar-refractivity contribution in [3.8, 4) is 17.2 Å². The van der Waals surface area contributed by atoms with Crippen molar-refractivity contribution in [2.75, 3.05) is 0 Å². The fourth-order valence-electron chi connectivity index (χ4n) is 4.22. The fraction of sp³-hybridized carbons (Fsp3) is 0.143. The van der Waals surface area contributed by atoms with Gasteiger partial charge in [0.25, 0.3) is 0 Å². The number of aromatic nitrogens is 1. The molecule has 34 heavy (non-hydrogen) atoms. The van der Waals surface area contributed by atoms with Crippen molar-refractivity contribution in [3.63, 3.8) is 0 Å². The van der Waals surface area contributed by atoms with Gasteiger partial charge in [0.05, 0.1) is 16.9 Å². The molecule has 0 radical (unpaired) electrons. The van der Waals surface area contributed by atoms with Crippen LogP contribution < -0.4 is 39.4 Å². The maximum Gasteiger partial charge on any atom is 1.00 e. The zero-order valence-corrected chi connectivity index (χ0v) is 21.6. The van der Waals surface area contributed by atoms with E-state index in [9.17, 15) is 9.90 Å². The molecular weight excluding hydrogens is 437 g/mol. The number of rotatable bonds is 5. The number of aromatic carboxylic acids is 1. The van der Waals surface area contributed by atoms with Crippen molar-refractivity contribution in [2.24, 2.45) is 0 Å². The second kappa shape index (κ2) is 9.63. The molecule has 164 valence electrons. The smallest absolute Gasteiger partial charge is 0.545 e. The van der Waals surface area contributed by atoms with Gasteiger partial charge in [-0.05, 0) is 50.1 Å². The number of ether oxygens (including phenoxy) is 1. The Bertz CT molecular complexity index is 1510. The van der Waals surface area contributed by atoms with E-state index in [1.54, 1.807) is 6.07 Å². The van der Waals surface area contributed by atoms with E-state index in [-0.39, 0.29) is 41.2 Å². The monoisotopic (exact) mass is 459 g/mol. The van der Waals surface area contributed by atoms with Crippen LogP contribution in [-0.2, 0) is 0 Å². The number of carbonyl (C=O) groups is 1. The Balaban J connectivity index is 0.00000274. The zero-order valence-electron chi connectivity index (χ0n) is 19.6. The summed E-state index contributed by atoms with van der Waals surface area (Å²) in [6, 6.07) is 22.7. The standard InChI is InChI=1S/C28H23NO4.Na/c1-16-13-14-24(32-18(3)19-9-5-4-6-10-19)25-21(28(30)31)15-22(29-26(16)25)27-17(2)20-11-7-8-12-23(20)33-27;/h4-15,18H,1-3H3,(H,30,31);/q;+1/p-1/t18-;/m0./s1. The summed E-state index contributed by atoms with van der Waals surface area (Å²) in [6.45, 7) is 5.77. The van der Waals surface area contributed by atoms with Gasteiger partial charge < -0.3 is 19.1 Å². The first-order chi connectivity index (χ1) is 15.9. The van der Waals surface area contributed by atoms with Gasteiger partial charge in [-0.3, -0.25) is 0 Å². The summed E-state index contributed by atoms with van der Waals surface area (Å²) in [5, 5.41) is 13.6. The molecule has 0 fully saturated rings. The first-order valence-electron chi connectivity index (χ1n) is 10.8. The SMILES string of the molecule is Cc1c(-c2cc(C(=O)[O-])c3c(O[C@@H](C)c4ccccc4)ccc(C)c3n2)oc2ccccc12.[Na+]. The van der Waals surface area contributed by atoms with E-state index in [0.717, 1.165) is 27.7 Å². The second-order valence-electron chi connectivity index (χ2n) is 8.17. The Labute approximate surface area is 219 Å². The van der Waals surface area contributed by atoms with Gasteiger partial charge in [0, 0.05) is 16.5 Å². The van der Waals surface area contributed by atoms with Crippen LogP contribution in [0.15, 0.2) is 77.2 Å². The predicted molar refractivity (Wildman–Crippen MR) is 126 cm³/mol. The van der Waals surface area contributed by atoms with Crippen LogP contribution in [0.3, 0.4) is 0 Å². The molecule has 0 unspecified atom stereocenters. The molecule has 5 nitrogen and oxygen atoms in total. The van der Waals surface area contributed by atoms with Crippen LogP contribution in [0.5, 0.6) is 5.75 Å². The number of hydrogen-bond donors (Lipinski definition) is 0. The number of carbonyl (C=O) groups excluding carboxylic acids is 1. The molecule has 0 aliphatic heterocycles. The Morgan fingerprint density at radius 3 is 2.41 bits per heavy atom. The number of fused-ring (bicyclic) bond motifs is 2. The molecule has 0 aliphatic rings. The average Bonchev–Trinajstić information content (AvgIpc) is 3.17. The van der Waals surface area contributed by atoms with Crippen molar-refractivity contribution < 1.29 is 48.6 Å². The van der Waals surface area contributed by atoms with Crippen LogP contribution in [0.2, 0.25) is 0 Å². The van der Waals surface area contributed by atoms with Gasteiger partial charge >= 0.3 is 29.6 Å². The second-order valence-corrected chi connectivity index (χ2v) is 8.17. The number of benzene rings is 3. The van der Waals surface area contributed by atoms with Crippen LogP contribution in [-0.4, -0.2) is 11.0 Å². The van der Waals surface area contributed by atoms with E-state index in [0.29, 0.717) is 28.1 Å². The third-order valence-corrected chi connectivity index (χ3v) is 5.99. The number of hydrogen-bond acceptors (Lipinski definition) is 5. The number of furan rings is 1. The summed E-state index contributed by atoms with van der Waals surface area (Å²) in [6.07, 6.45) is -0.274. The minimum atomic E-state index is -1.29. The minimum absolute atomic E-state index is 0. The quantitative estimate of drug-likeness (QED) is 0.378. The Morgan fingerprint density at radius 1 is 1.00 bits per heavy atom. The predicted octanol–water partition coefficient (Wildman–Crippen LogP) is 2.77. The molecule has 3 aromatic carbocycles. The maximum absolute atomic E-state index is 12.2. The van der Waals surface area contributed by atoms with Gasteiger partial charge in [-0.15, -0.1) is 0 Å². The van der Waals surface area contributed by atoms with Crippen molar-refractivity contribution in [1.82, 2.24) is 4.98 Å². The molecule has 5 rings (SSSR count). The minimum Gasteiger partial charge on any atom is -0.545 e. The number of para-hydroxylation sites is 1. The molecule has 6 heteroatoms. The van der Waals surface area contributed by atoms with Crippen LogP contribution in [0.1, 0.15) is 40.1 Å². The van der Waals surface area contributed by atoms with E-state index in [1.165, 1.54) is 6.07 Å². The van der Waals surface area contributed by atoms with Crippen LogP contribution in [0.4, 0.5) is 0 Å². The summed E-state index contributed by atoms with van der Waals surface area (Å²) in [5.41, 5.74) is 4.48. The molecular formula is C28H22NNaO4.